The van der Waals surface area contributed by atoms with Crippen molar-refractivity contribution in [1.29, 1.82) is 0 Å². The Morgan fingerprint density at radius 3 is 0.824 bits per heavy atom. The molecule has 68 heavy (non-hydrogen) atoms. The molecule has 2 aromatic heterocycles. The minimum atomic E-state index is 1.12. The summed E-state index contributed by atoms with van der Waals surface area (Å²) in [5.41, 5.74) is 18.9. The van der Waals surface area contributed by atoms with Crippen molar-refractivity contribution in [1.82, 2.24) is 9.13 Å². The minimum absolute atomic E-state index is 1.12. The quantitative estimate of drug-likeness (QED) is 0.135. The van der Waals surface area contributed by atoms with Crippen LogP contribution in [0.25, 0.3) is 122 Å². The number of nitrogens with zero attached hydrogens (tertiary/aromatic N) is 2. The average molecular weight is 865 g/mol. The molecule has 13 rings (SSSR count). The molecule has 2 nitrogen and oxygen atoms in total. The highest BCUT2D eigenvalue weighted by molar-refractivity contribution is 6.26. The van der Waals surface area contributed by atoms with Crippen LogP contribution in [-0.4, -0.2) is 9.13 Å². The molecule has 0 aliphatic carbocycles. The monoisotopic (exact) mass is 864 g/mol. The summed E-state index contributed by atoms with van der Waals surface area (Å²) >= 11 is 0. The van der Waals surface area contributed by atoms with Gasteiger partial charge in [0.1, 0.15) is 0 Å². The number of hydrogen-bond acceptors (Lipinski definition) is 0. The zero-order valence-electron chi connectivity index (χ0n) is 37.3. The highest BCUT2D eigenvalue weighted by atomic mass is 15.0. The van der Waals surface area contributed by atoms with Gasteiger partial charge in [-0.1, -0.05) is 243 Å². The summed E-state index contributed by atoms with van der Waals surface area (Å²) in [5.74, 6) is 0. The van der Waals surface area contributed by atoms with Gasteiger partial charge < -0.3 is 9.13 Å². The van der Waals surface area contributed by atoms with Crippen LogP contribution in [0.4, 0.5) is 0 Å². The predicted molar refractivity (Wildman–Crippen MR) is 288 cm³/mol. The molecule has 0 unspecified atom stereocenters. The van der Waals surface area contributed by atoms with Crippen molar-refractivity contribution in [3.63, 3.8) is 0 Å². The third-order valence-electron chi connectivity index (χ3n) is 13.7. The molecular formula is C66H44N2. The zero-order chi connectivity index (χ0) is 45.0. The highest BCUT2D eigenvalue weighted by Crippen LogP contribution is 2.49. The van der Waals surface area contributed by atoms with E-state index < -0.39 is 0 Å². The standard InChI is InChI=1S/C66H44N2/c1-7-21-45(22-8-1)51-33-19-35-53(43-51)67-63(49-29-15-5-16-30-49)61(47-25-11-3-12-26-47)59-41-37-55-56-38-42-60-62(48-27-13-4-14-28-48)64(50-31-17-6-18-32-50)68(66(60)58(56)40-39-57(55)65(59)67)54-36-20-34-52(44-54)46-23-9-2-10-24-46/h1-44H. The molecule has 318 valence electrons. The van der Waals surface area contributed by atoms with E-state index in [0.29, 0.717) is 0 Å². The molecule has 2 heteroatoms. The summed E-state index contributed by atoms with van der Waals surface area (Å²) in [6.45, 7) is 0. The van der Waals surface area contributed by atoms with Crippen LogP contribution in [0.2, 0.25) is 0 Å². The molecule has 0 amide bonds. The van der Waals surface area contributed by atoms with Gasteiger partial charge in [-0.15, -0.1) is 0 Å². The Hall–Kier alpha value is -8.98. The summed E-state index contributed by atoms with van der Waals surface area (Å²) in [7, 11) is 0. The maximum absolute atomic E-state index is 2.53. The van der Waals surface area contributed by atoms with Gasteiger partial charge in [0.05, 0.1) is 22.4 Å². The molecule has 2 heterocycles. The molecule has 0 radical (unpaired) electrons. The lowest BCUT2D eigenvalue weighted by Crippen LogP contribution is -1.99. The van der Waals surface area contributed by atoms with Crippen molar-refractivity contribution in [3.8, 4) is 78.4 Å². The van der Waals surface area contributed by atoms with Crippen molar-refractivity contribution in [2.75, 3.05) is 0 Å². The van der Waals surface area contributed by atoms with E-state index in [1.54, 1.807) is 0 Å². The first-order valence-corrected chi connectivity index (χ1v) is 23.4. The molecule has 0 aliphatic heterocycles. The second-order valence-electron chi connectivity index (χ2n) is 17.6. The third kappa shape index (κ3) is 6.49. The molecule has 0 saturated heterocycles. The molecule has 13 aromatic rings. The molecular weight excluding hydrogens is 821 g/mol. The van der Waals surface area contributed by atoms with Crippen LogP contribution in [0.5, 0.6) is 0 Å². The Kier molecular flexibility index (Phi) is 9.54. The lowest BCUT2D eigenvalue weighted by atomic mass is 9.94. The smallest absolute Gasteiger partial charge is 0.0620 e. The van der Waals surface area contributed by atoms with Crippen molar-refractivity contribution >= 4 is 43.4 Å². The van der Waals surface area contributed by atoms with Gasteiger partial charge in [0, 0.05) is 44.0 Å². The third-order valence-corrected chi connectivity index (χ3v) is 13.7. The largest absolute Gasteiger partial charge is 0.308 e. The second-order valence-corrected chi connectivity index (χ2v) is 17.6. The number of benzene rings is 11. The molecule has 0 atom stereocenters. The topological polar surface area (TPSA) is 9.86 Å². The Balaban J connectivity index is 1.17. The summed E-state index contributed by atoms with van der Waals surface area (Å²) in [6, 6.07) is 97.5. The van der Waals surface area contributed by atoms with Crippen LogP contribution in [-0.2, 0) is 0 Å². The van der Waals surface area contributed by atoms with E-state index in [9.17, 15) is 0 Å². The SMILES string of the molecule is c1ccc(-c2cccc(-n3c(-c4ccccc4)c(-c4ccccc4)c4ccc5c6ccc7c(-c8ccccc8)c(-c8ccccc8)n(-c8cccc(-c9ccccc9)c8)c7c6ccc5c43)c2)cc1. The zero-order valence-corrected chi connectivity index (χ0v) is 37.3. The van der Waals surface area contributed by atoms with Crippen molar-refractivity contribution in [3.05, 3.63) is 267 Å². The maximum Gasteiger partial charge on any atom is 0.0620 e. The lowest BCUT2D eigenvalue weighted by Gasteiger charge is -2.17. The average Bonchev–Trinajstić information content (AvgIpc) is 3.97. The van der Waals surface area contributed by atoms with Crippen LogP contribution in [0.15, 0.2) is 267 Å². The fraction of sp³-hybridized carbons (Fsp3) is 0. The van der Waals surface area contributed by atoms with Crippen molar-refractivity contribution in [2.45, 2.75) is 0 Å². The first-order valence-electron chi connectivity index (χ1n) is 23.4. The summed E-state index contributed by atoms with van der Waals surface area (Å²) in [4.78, 5) is 0. The lowest BCUT2D eigenvalue weighted by molar-refractivity contribution is 1.14. The molecule has 0 aliphatic rings. The number of fused-ring (bicyclic) bond motifs is 7. The predicted octanol–water partition coefficient (Wildman–Crippen LogP) is 17.9. The first-order chi connectivity index (χ1) is 33.8. The van der Waals surface area contributed by atoms with Gasteiger partial charge in [0.25, 0.3) is 0 Å². The van der Waals surface area contributed by atoms with E-state index in [1.807, 2.05) is 0 Å². The van der Waals surface area contributed by atoms with E-state index in [-0.39, 0.29) is 0 Å². The first kappa shape index (κ1) is 39.4. The summed E-state index contributed by atoms with van der Waals surface area (Å²) in [6.07, 6.45) is 0. The fourth-order valence-corrected chi connectivity index (χ4v) is 10.7. The van der Waals surface area contributed by atoms with Gasteiger partial charge in [-0.05, 0) is 79.5 Å². The fourth-order valence-electron chi connectivity index (χ4n) is 10.7. The Bertz CT molecular complexity index is 3700. The molecule has 0 saturated carbocycles. The van der Waals surface area contributed by atoms with Gasteiger partial charge in [-0.3, -0.25) is 0 Å². The van der Waals surface area contributed by atoms with Gasteiger partial charge >= 0.3 is 0 Å². The van der Waals surface area contributed by atoms with Crippen LogP contribution < -0.4 is 0 Å². The maximum atomic E-state index is 2.53. The van der Waals surface area contributed by atoms with Crippen LogP contribution in [0, 0.1) is 0 Å². The summed E-state index contributed by atoms with van der Waals surface area (Å²) in [5, 5.41) is 7.26. The number of aromatic nitrogens is 2. The summed E-state index contributed by atoms with van der Waals surface area (Å²) < 4.78 is 5.07. The Morgan fingerprint density at radius 2 is 0.471 bits per heavy atom. The molecule has 0 N–H and O–H groups in total. The molecule has 0 bridgehead atoms. The minimum Gasteiger partial charge on any atom is -0.308 e. The second kappa shape index (κ2) is 16.5. The van der Waals surface area contributed by atoms with Gasteiger partial charge in [0.15, 0.2) is 0 Å². The van der Waals surface area contributed by atoms with Crippen LogP contribution in [0.1, 0.15) is 0 Å². The normalized spacial score (nSPS) is 11.5. The number of hydrogen-bond donors (Lipinski definition) is 0. The highest BCUT2D eigenvalue weighted by Gasteiger charge is 2.26. The van der Waals surface area contributed by atoms with Gasteiger partial charge in [0.2, 0.25) is 0 Å². The Morgan fingerprint density at radius 1 is 0.191 bits per heavy atom. The van der Waals surface area contributed by atoms with E-state index in [1.165, 1.54) is 110 Å². The van der Waals surface area contributed by atoms with Crippen molar-refractivity contribution < 1.29 is 0 Å². The molecule has 11 aromatic carbocycles. The molecule has 0 spiro atoms. The van der Waals surface area contributed by atoms with E-state index in [0.717, 1.165) is 11.4 Å². The van der Waals surface area contributed by atoms with Gasteiger partial charge in [-0.25, -0.2) is 0 Å². The van der Waals surface area contributed by atoms with E-state index >= 15 is 0 Å². The van der Waals surface area contributed by atoms with Gasteiger partial charge in [-0.2, -0.15) is 0 Å². The molecule has 0 fully saturated rings. The van der Waals surface area contributed by atoms with Crippen LogP contribution >= 0.6 is 0 Å². The van der Waals surface area contributed by atoms with E-state index in [4.69, 9.17) is 0 Å². The van der Waals surface area contributed by atoms with E-state index in [2.05, 4.69) is 276 Å². The number of rotatable bonds is 8. The van der Waals surface area contributed by atoms with Crippen LogP contribution in [0.3, 0.4) is 0 Å². The Labute approximate surface area is 395 Å². The van der Waals surface area contributed by atoms with Crippen molar-refractivity contribution in [2.24, 2.45) is 0 Å².